The Morgan fingerprint density at radius 3 is 2.60 bits per heavy atom. The zero-order valence-electron chi connectivity index (χ0n) is 31.6. The molecule has 286 valence electrons. The Balaban J connectivity index is 0.868. The topological polar surface area (TPSA) is 144 Å². The minimum atomic E-state index is -0.300. The molecule has 2 aliphatic rings. The zero-order chi connectivity index (χ0) is 38.1. The molecule has 55 heavy (non-hydrogen) atoms. The first-order valence-corrected chi connectivity index (χ1v) is 19.3. The summed E-state index contributed by atoms with van der Waals surface area (Å²) >= 11 is 0. The minimum absolute atomic E-state index is 0.0848. The molecule has 0 bridgehead atoms. The third-order valence-electron chi connectivity index (χ3n) is 11.6. The van der Waals surface area contributed by atoms with Crippen molar-refractivity contribution in [1.29, 1.82) is 0 Å². The maximum atomic E-state index is 13.4. The van der Waals surface area contributed by atoms with Gasteiger partial charge in [0.05, 0.1) is 41.6 Å². The van der Waals surface area contributed by atoms with E-state index >= 15 is 0 Å². The fourth-order valence-electron chi connectivity index (χ4n) is 8.70. The highest BCUT2D eigenvalue weighted by molar-refractivity contribution is 6.08. The van der Waals surface area contributed by atoms with Crippen LogP contribution in [0.15, 0.2) is 67.1 Å². The fourth-order valence-corrected chi connectivity index (χ4v) is 8.70. The molecular formula is C41H48N10O4. The van der Waals surface area contributed by atoms with E-state index in [4.69, 9.17) is 9.84 Å². The van der Waals surface area contributed by atoms with Gasteiger partial charge in [0.15, 0.2) is 11.5 Å². The number of imidazole rings is 1. The molecule has 14 nitrogen and oxygen atoms in total. The zero-order valence-corrected chi connectivity index (χ0v) is 31.6. The summed E-state index contributed by atoms with van der Waals surface area (Å²) in [5.74, 6) is 1.22. The second kappa shape index (κ2) is 15.5. The highest BCUT2D eigenvalue weighted by atomic mass is 16.5. The molecule has 1 saturated carbocycles. The van der Waals surface area contributed by atoms with Crippen molar-refractivity contribution in [2.75, 3.05) is 50.6 Å². The SMILES string of the molecule is CNC(=O)CCN(C=O)c1cccc2c1cc(C)n2C1CCN(CC2CCC(n3cc4cc(C(=O)Nc5cnc6cccnn56)c(OC)cc4n3)CC2)CC1. The first-order chi connectivity index (χ1) is 26.8. The molecule has 1 saturated heterocycles. The van der Waals surface area contributed by atoms with Crippen LogP contribution in [-0.4, -0.2) is 92.4 Å². The van der Waals surface area contributed by atoms with Gasteiger partial charge in [-0.05, 0) is 87.8 Å². The monoisotopic (exact) mass is 744 g/mol. The van der Waals surface area contributed by atoms with Crippen molar-refractivity contribution >= 4 is 57.2 Å². The number of methoxy groups -OCH3 is 1. The van der Waals surface area contributed by atoms with Crippen molar-refractivity contribution in [1.82, 2.24) is 39.2 Å². The molecule has 3 amide bonds. The van der Waals surface area contributed by atoms with Gasteiger partial charge >= 0.3 is 0 Å². The number of rotatable bonds is 12. The second-order valence-corrected chi connectivity index (χ2v) is 14.9. The Bertz CT molecular complexity index is 2350. The van der Waals surface area contributed by atoms with Crippen LogP contribution in [0.3, 0.4) is 0 Å². The van der Waals surface area contributed by atoms with Crippen LogP contribution in [0.5, 0.6) is 5.75 Å². The number of nitrogens with one attached hydrogen (secondary N) is 2. The van der Waals surface area contributed by atoms with Crippen molar-refractivity contribution < 1.29 is 19.1 Å². The molecule has 2 N–H and O–H groups in total. The highest BCUT2D eigenvalue weighted by Crippen LogP contribution is 2.37. The molecule has 0 radical (unpaired) electrons. The van der Waals surface area contributed by atoms with Gasteiger partial charge in [0.25, 0.3) is 5.91 Å². The molecule has 2 fully saturated rings. The van der Waals surface area contributed by atoms with Crippen LogP contribution in [-0.2, 0) is 9.59 Å². The highest BCUT2D eigenvalue weighted by Gasteiger charge is 2.29. The number of hydrogen-bond acceptors (Lipinski definition) is 8. The number of carbonyl (C=O) groups is 3. The number of carbonyl (C=O) groups excluding carboxylic acids is 3. The molecule has 1 aliphatic carbocycles. The number of benzene rings is 2. The van der Waals surface area contributed by atoms with Crippen LogP contribution in [0, 0.1) is 12.8 Å². The number of ether oxygens (including phenoxy) is 1. The number of aryl methyl sites for hydroxylation is 1. The van der Waals surface area contributed by atoms with E-state index in [0.717, 1.165) is 92.1 Å². The van der Waals surface area contributed by atoms with Crippen molar-refractivity contribution in [2.45, 2.75) is 64.0 Å². The van der Waals surface area contributed by atoms with Gasteiger partial charge in [-0.15, -0.1) is 0 Å². The van der Waals surface area contributed by atoms with Crippen molar-refractivity contribution in [3.63, 3.8) is 0 Å². The van der Waals surface area contributed by atoms with E-state index in [1.165, 1.54) is 5.69 Å². The third-order valence-corrected chi connectivity index (χ3v) is 11.6. The summed E-state index contributed by atoms with van der Waals surface area (Å²) in [6.07, 6.45) is 13.0. The van der Waals surface area contributed by atoms with E-state index in [2.05, 4.69) is 60.1 Å². The number of likely N-dealkylation sites (tertiary alicyclic amines) is 1. The van der Waals surface area contributed by atoms with Crippen molar-refractivity contribution in [3.8, 4) is 5.75 Å². The fraction of sp³-hybridized carbons (Fsp3) is 0.415. The smallest absolute Gasteiger partial charge is 0.260 e. The number of aromatic nitrogens is 6. The average Bonchev–Trinajstić information content (AvgIpc) is 3.92. The third kappa shape index (κ3) is 7.25. The van der Waals surface area contributed by atoms with E-state index < -0.39 is 0 Å². The van der Waals surface area contributed by atoms with Gasteiger partial charge in [-0.2, -0.15) is 14.7 Å². The molecule has 14 heteroatoms. The van der Waals surface area contributed by atoms with E-state index in [9.17, 15) is 14.4 Å². The molecule has 0 atom stereocenters. The Hall–Kier alpha value is -5.76. The molecule has 1 aliphatic heterocycles. The number of fused-ring (bicyclic) bond motifs is 3. The van der Waals surface area contributed by atoms with E-state index in [-0.39, 0.29) is 18.2 Å². The average molecular weight is 745 g/mol. The van der Waals surface area contributed by atoms with Gasteiger partial charge in [-0.3, -0.25) is 19.1 Å². The summed E-state index contributed by atoms with van der Waals surface area (Å²) in [5.41, 5.74) is 5.07. The summed E-state index contributed by atoms with van der Waals surface area (Å²) < 4.78 is 11.8. The van der Waals surface area contributed by atoms with E-state index in [1.807, 2.05) is 30.3 Å². The lowest BCUT2D eigenvalue weighted by Gasteiger charge is -2.37. The Morgan fingerprint density at radius 1 is 1.02 bits per heavy atom. The van der Waals surface area contributed by atoms with Gasteiger partial charge in [0, 0.05) is 80.6 Å². The lowest BCUT2D eigenvalue weighted by Crippen LogP contribution is -2.38. The first-order valence-electron chi connectivity index (χ1n) is 19.3. The first kappa shape index (κ1) is 36.2. The van der Waals surface area contributed by atoms with Crippen LogP contribution in [0.1, 0.15) is 73.1 Å². The van der Waals surface area contributed by atoms with Gasteiger partial charge in [-0.25, -0.2) is 4.98 Å². The van der Waals surface area contributed by atoms with Crippen molar-refractivity contribution in [2.24, 2.45) is 5.92 Å². The number of piperidine rings is 1. The lowest BCUT2D eigenvalue weighted by atomic mass is 9.85. The van der Waals surface area contributed by atoms with Crippen molar-refractivity contribution in [3.05, 3.63) is 78.4 Å². The number of nitrogens with zero attached hydrogens (tertiary/aromatic N) is 8. The standard InChI is InChI=1S/C41H48N10O4/c1-27-20-32-35(48(26-52)19-15-40(53)42-2)6-4-7-36(32)50(27)31-13-17-47(18-14-31)24-28-9-11-30(12-10-28)49-25-29-21-33(37(55-3)22-34(29)46-49)41(54)45-39-23-43-38-8-5-16-44-51(38)39/h4-8,16,20-23,25-26,28,30-31H,9-15,17-19,24H2,1-3H3,(H,42,53)(H,45,54). The van der Waals surface area contributed by atoms with Gasteiger partial charge in [0.2, 0.25) is 12.3 Å². The van der Waals surface area contributed by atoms with E-state index in [1.54, 1.807) is 42.0 Å². The molecule has 4 aromatic heterocycles. The Labute approximate surface area is 319 Å². The van der Waals surface area contributed by atoms with Crippen LogP contribution in [0.4, 0.5) is 11.5 Å². The van der Waals surface area contributed by atoms with Gasteiger partial charge in [0.1, 0.15) is 5.75 Å². The Morgan fingerprint density at radius 2 is 1.84 bits per heavy atom. The summed E-state index contributed by atoms with van der Waals surface area (Å²) in [6.45, 7) is 5.74. The molecular weight excluding hydrogens is 697 g/mol. The molecule has 0 unspecified atom stereocenters. The maximum absolute atomic E-state index is 13.4. The lowest BCUT2D eigenvalue weighted by molar-refractivity contribution is -0.120. The summed E-state index contributed by atoms with van der Waals surface area (Å²) in [4.78, 5) is 45.9. The quantitative estimate of drug-likeness (QED) is 0.150. The second-order valence-electron chi connectivity index (χ2n) is 14.9. The number of amides is 3. The van der Waals surface area contributed by atoms with Crippen LogP contribution < -0.4 is 20.3 Å². The molecule has 0 spiro atoms. The van der Waals surface area contributed by atoms with Crippen LogP contribution in [0.2, 0.25) is 0 Å². The van der Waals surface area contributed by atoms with E-state index in [0.29, 0.717) is 47.3 Å². The predicted molar refractivity (Wildman–Crippen MR) is 212 cm³/mol. The normalized spacial score (nSPS) is 18.2. The molecule has 6 aromatic rings. The summed E-state index contributed by atoms with van der Waals surface area (Å²) in [5, 5.41) is 16.7. The number of hydrogen-bond donors (Lipinski definition) is 2. The maximum Gasteiger partial charge on any atom is 0.260 e. The van der Waals surface area contributed by atoms with Crippen LogP contribution >= 0.6 is 0 Å². The molecule has 8 rings (SSSR count). The Kier molecular flexibility index (Phi) is 10.2. The molecule has 2 aromatic carbocycles. The van der Waals surface area contributed by atoms with Gasteiger partial charge in [-0.1, -0.05) is 6.07 Å². The van der Waals surface area contributed by atoms with Crippen LogP contribution in [0.25, 0.3) is 27.5 Å². The minimum Gasteiger partial charge on any atom is -0.496 e. The predicted octanol–water partition coefficient (Wildman–Crippen LogP) is 5.77. The summed E-state index contributed by atoms with van der Waals surface area (Å²) in [7, 11) is 3.18. The number of anilines is 2. The van der Waals surface area contributed by atoms with Gasteiger partial charge < -0.3 is 29.7 Å². The summed E-state index contributed by atoms with van der Waals surface area (Å²) in [6, 6.07) is 16.4. The molecule has 5 heterocycles. The largest absolute Gasteiger partial charge is 0.496 e.